The Bertz CT molecular complexity index is 1060. The van der Waals surface area contributed by atoms with Gasteiger partial charge in [0.15, 0.2) is 5.69 Å². The van der Waals surface area contributed by atoms with E-state index in [1.165, 1.54) is 35.7 Å². The molecule has 1 aliphatic heterocycles. The van der Waals surface area contributed by atoms with Crippen LogP contribution in [0.3, 0.4) is 0 Å². The summed E-state index contributed by atoms with van der Waals surface area (Å²) < 4.78 is 20.8. The van der Waals surface area contributed by atoms with Crippen LogP contribution in [0.25, 0.3) is 11.3 Å². The van der Waals surface area contributed by atoms with Gasteiger partial charge in [-0.1, -0.05) is 47.6 Å². The number of aromatic nitrogens is 3. The Hall–Kier alpha value is -2.71. The van der Waals surface area contributed by atoms with Gasteiger partial charge in [-0.05, 0) is 24.5 Å². The molecule has 9 heteroatoms. The number of halogens is 2. The van der Waals surface area contributed by atoms with Crippen molar-refractivity contribution in [3.8, 4) is 17.1 Å². The quantitative estimate of drug-likeness (QED) is 0.573. The van der Waals surface area contributed by atoms with Crippen LogP contribution in [-0.2, 0) is 4.79 Å². The molecule has 0 spiro atoms. The average Bonchev–Trinajstić information content (AvgIpc) is 2.81. The summed E-state index contributed by atoms with van der Waals surface area (Å²) in [5.74, 6) is -0.778. The Morgan fingerprint density at radius 1 is 1.21 bits per heavy atom. The second kappa shape index (κ2) is 7.37. The van der Waals surface area contributed by atoms with Gasteiger partial charge in [0, 0.05) is 12.5 Å². The largest absolute Gasteiger partial charge is 0.447 e. The maximum absolute atomic E-state index is 14.7. The zero-order chi connectivity index (χ0) is 19.8. The molecular formula is C19H14ClFN4O2S. The molecule has 0 radical (unpaired) electrons. The SMILES string of the molecule is CSc1nnc2c(n1)O[C@@H](c1c(F)cccc1Cl)N(C(C)=O)c1ccccc1-2. The van der Waals surface area contributed by atoms with Crippen LogP contribution in [0.1, 0.15) is 18.7 Å². The molecule has 1 atom stereocenters. The van der Waals surface area contributed by atoms with Crippen LogP contribution >= 0.6 is 23.4 Å². The lowest BCUT2D eigenvalue weighted by Gasteiger charge is -2.30. The molecule has 2 heterocycles. The van der Waals surface area contributed by atoms with Gasteiger partial charge in [0.1, 0.15) is 5.82 Å². The van der Waals surface area contributed by atoms with E-state index in [-0.39, 0.29) is 22.4 Å². The normalized spacial score (nSPS) is 15.3. The fourth-order valence-corrected chi connectivity index (χ4v) is 3.63. The van der Waals surface area contributed by atoms with Crippen LogP contribution in [0.4, 0.5) is 10.1 Å². The number of para-hydroxylation sites is 1. The summed E-state index contributed by atoms with van der Waals surface area (Å²) in [6.45, 7) is 1.38. The van der Waals surface area contributed by atoms with Gasteiger partial charge in [0.05, 0.1) is 16.3 Å². The summed E-state index contributed by atoms with van der Waals surface area (Å²) in [6, 6.07) is 11.4. The number of thioether (sulfide) groups is 1. The number of amides is 1. The predicted octanol–water partition coefficient (Wildman–Crippen LogP) is 4.50. The number of benzene rings is 2. The van der Waals surface area contributed by atoms with Gasteiger partial charge in [0.25, 0.3) is 0 Å². The molecule has 28 heavy (non-hydrogen) atoms. The average molecular weight is 417 g/mol. The number of hydrogen-bond donors (Lipinski definition) is 0. The fraction of sp³-hybridized carbons (Fsp3) is 0.158. The maximum atomic E-state index is 14.7. The van der Waals surface area contributed by atoms with Gasteiger partial charge < -0.3 is 4.74 Å². The van der Waals surface area contributed by atoms with Crippen molar-refractivity contribution in [2.45, 2.75) is 18.3 Å². The lowest BCUT2D eigenvalue weighted by molar-refractivity contribution is -0.118. The van der Waals surface area contributed by atoms with E-state index in [2.05, 4.69) is 15.2 Å². The van der Waals surface area contributed by atoms with Crippen LogP contribution in [0.5, 0.6) is 5.88 Å². The van der Waals surface area contributed by atoms with E-state index in [4.69, 9.17) is 16.3 Å². The Labute approximate surface area is 169 Å². The van der Waals surface area contributed by atoms with Crippen molar-refractivity contribution in [1.29, 1.82) is 0 Å². The molecule has 0 fully saturated rings. The highest BCUT2D eigenvalue weighted by atomic mass is 35.5. The van der Waals surface area contributed by atoms with Gasteiger partial charge in [-0.15, -0.1) is 10.2 Å². The third-order valence-electron chi connectivity index (χ3n) is 4.28. The molecule has 0 aliphatic carbocycles. The maximum Gasteiger partial charge on any atom is 0.247 e. The van der Waals surface area contributed by atoms with Gasteiger partial charge >= 0.3 is 0 Å². The van der Waals surface area contributed by atoms with E-state index in [0.29, 0.717) is 22.1 Å². The molecular weight excluding hydrogens is 403 g/mol. The monoisotopic (exact) mass is 416 g/mol. The first-order valence-corrected chi connectivity index (χ1v) is 9.90. The summed E-state index contributed by atoms with van der Waals surface area (Å²) in [7, 11) is 0. The zero-order valence-corrected chi connectivity index (χ0v) is 16.5. The number of ether oxygens (including phenoxy) is 1. The second-order valence-electron chi connectivity index (χ2n) is 5.96. The van der Waals surface area contributed by atoms with Crippen molar-refractivity contribution >= 4 is 35.0 Å². The fourth-order valence-electron chi connectivity index (χ4n) is 3.07. The highest BCUT2D eigenvalue weighted by molar-refractivity contribution is 7.98. The molecule has 1 amide bonds. The number of rotatable bonds is 2. The number of anilines is 1. The van der Waals surface area contributed by atoms with Gasteiger partial charge in [0.2, 0.25) is 23.2 Å². The van der Waals surface area contributed by atoms with Gasteiger partial charge in [-0.2, -0.15) is 4.98 Å². The van der Waals surface area contributed by atoms with Crippen LogP contribution < -0.4 is 9.64 Å². The predicted molar refractivity (Wildman–Crippen MR) is 105 cm³/mol. The van der Waals surface area contributed by atoms with E-state index < -0.39 is 12.0 Å². The Kier molecular flexibility index (Phi) is 4.91. The Morgan fingerprint density at radius 3 is 2.71 bits per heavy atom. The number of nitrogens with zero attached hydrogens (tertiary/aromatic N) is 4. The minimum atomic E-state index is -1.15. The van der Waals surface area contributed by atoms with Crippen LogP contribution in [0.2, 0.25) is 5.02 Å². The summed E-state index contributed by atoms with van der Waals surface area (Å²) >= 11 is 7.58. The zero-order valence-electron chi connectivity index (χ0n) is 14.9. The van der Waals surface area contributed by atoms with E-state index in [1.54, 1.807) is 30.5 Å². The first-order valence-electron chi connectivity index (χ1n) is 8.29. The molecule has 142 valence electrons. The molecule has 0 bridgehead atoms. The van der Waals surface area contributed by atoms with Crippen molar-refractivity contribution in [3.63, 3.8) is 0 Å². The van der Waals surface area contributed by atoms with Gasteiger partial charge in [-0.25, -0.2) is 4.39 Å². The summed E-state index contributed by atoms with van der Waals surface area (Å²) in [5, 5.41) is 8.84. The number of fused-ring (bicyclic) bond motifs is 3. The second-order valence-corrected chi connectivity index (χ2v) is 7.14. The molecule has 6 nitrogen and oxygen atoms in total. The molecule has 3 aromatic rings. The first-order chi connectivity index (χ1) is 13.5. The Morgan fingerprint density at radius 2 is 2.00 bits per heavy atom. The van der Waals surface area contributed by atoms with E-state index >= 15 is 0 Å². The highest BCUT2D eigenvalue weighted by Gasteiger charge is 2.36. The minimum Gasteiger partial charge on any atom is -0.447 e. The van der Waals surface area contributed by atoms with E-state index in [1.807, 2.05) is 6.07 Å². The van der Waals surface area contributed by atoms with Crippen molar-refractivity contribution in [2.24, 2.45) is 0 Å². The molecule has 0 saturated heterocycles. The highest BCUT2D eigenvalue weighted by Crippen LogP contribution is 2.44. The smallest absolute Gasteiger partial charge is 0.247 e. The first kappa shape index (κ1) is 18.6. The van der Waals surface area contributed by atoms with Crippen molar-refractivity contribution in [3.05, 3.63) is 58.9 Å². The molecule has 0 saturated carbocycles. The standard InChI is InChI=1S/C19H14ClFN4O2S/c1-10(26)25-14-9-4-3-6-11(14)16-17(22-19(28-2)24-23-16)27-18(25)15-12(20)7-5-8-13(15)21/h3-9,18H,1-2H3/t18-/m0/s1. The minimum absolute atomic E-state index is 0.0475. The van der Waals surface area contributed by atoms with Crippen LogP contribution in [0.15, 0.2) is 47.6 Å². The number of hydrogen-bond acceptors (Lipinski definition) is 6. The summed E-state index contributed by atoms with van der Waals surface area (Å²) in [5.41, 5.74) is 1.53. The third-order valence-corrected chi connectivity index (χ3v) is 5.15. The van der Waals surface area contributed by atoms with Crippen molar-refractivity contribution < 1.29 is 13.9 Å². The summed E-state index contributed by atoms with van der Waals surface area (Å²) in [6.07, 6.45) is 0.654. The van der Waals surface area contributed by atoms with Crippen molar-refractivity contribution in [2.75, 3.05) is 11.2 Å². The van der Waals surface area contributed by atoms with Crippen LogP contribution in [-0.4, -0.2) is 27.3 Å². The van der Waals surface area contributed by atoms with Gasteiger partial charge in [-0.3, -0.25) is 9.69 Å². The number of carbonyl (C=O) groups excluding carboxylic acids is 1. The lowest BCUT2D eigenvalue weighted by Crippen LogP contribution is -2.36. The van der Waals surface area contributed by atoms with Crippen molar-refractivity contribution in [1.82, 2.24) is 15.2 Å². The topological polar surface area (TPSA) is 68.2 Å². The third kappa shape index (κ3) is 3.08. The summed E-state index contributed by atoms with van der Waals surface area (Å²) in [4.78, 5) is 18.3. The number of carbonyl (C=O) groups is 1. The molecule has 2 aromatic carbocycles. The molecule has 0 unspecified atom stereocenters. The Balaban J connectivity index is 2.03. The van der Waals surface area contributed by atoms with Crippen LogP contribution in [0, 0.1) is 5.82 Å². The molecule has 4 rings (SSSR count). The molecule has 1 aromatic heterocycles. The lowest BCUT2D eigenvalue weighted by atomic mass is 10.1. The molecule has 0 N–H and O–H groups in total. The van der Waals surface area contributed by atoms with E-state index in [9.17, 15) is 9.18 Å². The molecule has 1 aliphatic rings. The van der Waals surface area contributed by atoms with E-state index in [0.717, 1.165) is 0 Å².